The van der Waals surface area contributed by atoms with Gasteiger partial charge in [0.2, 0.25) is 11.8 Å². The Morgan fingerprint density at radius 3 is 2.67 bits per heavy atom. The standard InChI is InChI=1S/C15H20FN3O2/c1-10(20)18-11-5-6-12(16)13(9-11)19-14(21)15(2)7-3-4-8-17-15/h5-6,9,17H,3-4,7-8H2,1-2H3,(H,18,20)(H,19,21). The molecule has 0 bridgehead atoms. The molecule has 1 fully saturated rings. The van der Waals surface area contributed by atoms with E-state index >= 15 is 0 Å². The maximum absolute atomic E-state index is 13.8. The van der Waals surface area contributed by atoms with Crippen LogP contribution in [0.3, 0.4) is 0 Å². The van der Waals surface area contributed by atoms with E-state index in [-0.39, 0.29) is 17.5 Å². The van der Waals surface area contributed by atoms with E-state index in [2.05, 4.69) is 16.0 Å². The van der Waals surface area contributed by atoms with Gasteiger partial charge in [-0.25, -0.2) is 4.39 Å². The molecule has 5 nitrogen and oxygen atoms in total. The number of halogens is 1. The highest BCUT2D eigenvalue weighted by molar-refractivity contribution is 5.99. The number of hydrogen-bond donors (Lipinski definition) is 3. The molecule has 1 aromatic rings. The minimum absolute atomic E-state index is 0.0693. The lowest BCUT2D eigenvalue weighted by molar-refractivity contribution is -0.122. The number of hydrogen-bond acceptors (Lipinski definition) is 3. The van der Waals surface area contributed by atoms with Crippen LogP contribution >= 0.6 is 0 Å². The third-order valence-electron chi connectivity index (χ3n) is 3.65. The van der Waals surface area contributed by atoms with Gasteiger partial charge in [0.1, 0.15) is 5.82 Å². The van der Waals surface area contributed by atoms with Crippen LogP contribution in [0.2, 0.25) is 0 Å². The first-order chi connectivity index (χ1) is 9.90. The molecule has 1 heterocycles. The van der Waals surface area contributed by atoms with Crippen molar-refractivity contribution in [2.75, 3.05) is 17.2 Å². The maximum atomic E-state index is 13.8. The van der Waals surface area contributed by atoms with Crippen LogP contribution in [0.4, 0.5) is 15.8 Å². The van der Waals surface area contributed by atoms with Crippen molar-refractivity contribution < 1.29 is 14.0 Å². The second-order valence-corrected chi connectivity index (χ2v) is 5.55. The molecule has 1 unspecified atom stereocenters. The zero-order valence-electron chi connectivity index (χ0n) is 12.3. The van der Waals surface area contributed by atoms with Crippen LogP contribution < -0.4 is 16.0 Å². The number of anilines is 2. The Balaban J connectivity index is 2.14. The molecule has 6 heteroatoms. The zero-order chi connectivity index (χ0) is 15.5. The van der Waals surface area contributed by atoms with Gasteiger partial charge in [0, 0.05) is 12.6 Å². The molecule has 1 aromatic carbocycles. The zero-order valence-corrected chi connectivity index (χ0v) is 12.3. The summed E-state index contributed by atoms with van der Waals surface area (Å²) in [6.07, 6.45) is 2.71. The Bertz CT molecular complexity index is 554. The number of nitrogens with one attached hydrogen (secondary N) is 3. The molecule has 1 saturated heterocycles. The minimum atomic E-state index is -0.686. The summed E-state index contributed by atoms with van der Waals surface area (Å²) in [5.74, 6) is -1.04. The summed E-state index contributed by atoms with van der Waals surface area (Å²) in [5, 5.41) is 8.35. The Hall–Kier alpha value is -1.95. The largest absolute Gasteiger partial charge is 0.326 e. The van der Waals surface area contributed by atoms with Crippen LogP contribution in [0.1, 0.15) is 33.1 Å². The minimum Gasteiger partial charge on any atom is -0.326 e. The normalized spacial score (nSPS) is 21.7. The molecule has 21 heavy (non-hydrogen) atoms. The summed E-state index contributed by atoms with van der Waals surface area (Å²) in [5.41, 5.74) is -0.171. The molecule has 0 spiro atoms. The maximum Gasteiger partial charge on any atom is 0.244 e. The van der Waals surface area contributed by atoms with Crippen LogP contribution in [-0.2, 0) is 9.59 Å². The van der Waals surface area contributed by atoms with Gasteiger partial charge in [0.25, 0.3) is 0 Å². The smallest absolute Gasteiger partial charge is 0.244 e. The average molecular weight is 293 g/mol. The van der Waals surface area contributed by atoms with Crippen molar-refractivity contribution in [3.63, 3.8) is 0 Å². The molecule has 1 aliphatic rings. The number of piperidine rings is 1. The van der Waals surface area contributed by atoms with Crippen LogP contribution in [0.25, 0.3) is 0 Å². The van der Waals surface area contributed by atoms with E-state index in [1.54, 1.807) is 0 Å². The van der Waals surface area contributed by atoms with E-state index in [4.69, 9.17) is 0 Å². The van der Waals surface area contributed by atoms with Crippen molar-refractivity contribution in [1.29, 1.82) is 0 Å². The number of benzene rings is 1. The van der Waals surface area contributed by atoms with Gasteiger partial charge in [-0.15, -0.1) is 0 Å². The first kappa shape index (κ1) is 15.4. The van der Waals surface area contributed by atoms with Gasteiger partial charge in [0.05, 0.1) is 11.2 Å². The lowest BCUT2D eigenvalue weighted by Gasteiger charge is -2.33. The Morgan fingerprint density at radius 1 is 1.29 bits per heavy atom. The molecule has 1 aliphatic heterocycles. The molecule has 1 atom stereocenters. The third kappa shape index (κ3) is 3.78. The molecule has 114 valence electrons. The fourth-order valence-electron chi connectivity index (χ4n) is 2.41. The van der Waals surface area contributed by atoms with Crippen molar-refractivity contribution >= 4 is 23.2 Å². The summed E-state index contributed by atoms with van der Waals surface area (Å²) < 4.78 is 13.8. The highest BCUT2D eigenvalue weighted by Crippen LogP contribution is 2.24. The van der Waals surface area contributed by atoms with E-state index < -0.39 is 11.4 Å². The number of amides is 2. The highest BCUT2D eigenvalue weighted by atomic mass is 19.1. The van der Waals surface area contributed by atoms with Gasteiger partial charge in [-0.3, -0.25) is 9.59 Å². The lowest BCUT2D eigenvalue weighted by atomic mass is 9.90. The average Bonchev–Trinajstić information content (AvgIpc) is 2.42. The quantitative estimate of drug-likeness (QED) is 0.800. The van der Waals surface area contributed by atoms with E-state index in [0.29, 0.717) is 12.1 Å². The molecular formula is C15H20FN3O2. The fraction of sp³-hybridized carbons (Fsp3) is 0.467. The summed E-state index contributed by atoms with van der Waals surface area (Å²) in [6.45, 7) is 3.96. The monoisotopic (exact) mass is 293 g/mol. The Labute approximate surface area is 123 Å². The summed E-state index contributed by atoms with van der Waals surface area (Å²) in [6, 6.07) is 4.09. The van der Waals surface area contributed by atoms with Crippen molar-refractivity contribution in [1.82, 2.24) is 5.32 Å². The van der Waals surface area contributed by atoms with Crippen LogP contribution in [-0.4, -0.2) is 23.9 Å². The van der Waals surface area contributed by atoms with Crippen molar-refractivity contribution in [2.24, 2.45) is 0 Å². The predicted octanol–water partition coefficient (Wildman–Crippen LogP) is 2.25. The van der Waals surface area contributed by atoms with Crippen molar-refractivity contribution in [2.45, 2.75) is 38.6 Å². The van der Waals surface area contributed by atoms with Gasteiger partial charge in [-0.05, 0) is 50.9 Å². The Kier molecular flexibility index (Phi) is 4.57. The van der Waals surface area contributed by atoms with E-state index in [9.17, 15) is 14.0 Å². The number of carbonyl (C=O) groups is 2. The summed E-state index contributed by atoms with van der Waals surface area (Å²) >= 11 is 0. The van der Waals surface area contributed by atoms with E-state index in [1.165, 1.54) is 25.1 Å². The second-order valence-electron chi connectivity index (χ2n) is 5.55. The van der Waals surface area contributed by atoms with E-state index in [1.807, 2.05) is 6.92 Å². The Morgan fingerprint density at radius 2 is 2.05 bits per heavy atom. The molecule has 2 amide bonds. The molecular weight excluding hydrogens is 273 g/mol. The number of carbonyl (C=O) groups excluding carboxylic acids is 2. The molecule has 0 aromatic heterocycles. The first-order valence-electron chi connectivity index (χ1n) is 7.04. The molecule has 3 N–H and O–H groups in total. The van der Waals surface area contributed by atoms with Gasteiger partial charge in [-0.1, -0.05) is 0 Å². The van der Waals surface area contributed by atoms with Crippen molar-refractivity contribution in [3.05, 3.63) is 24.0 Å². The second kappa shape index (κ2) is 6.22. The molecule has 0 saturated carbocycles. The van der Waals surface area contributed by atoms with Crippen LogP contribution in [0.5, 0.6) is 0 Å². The van der Waals surface area contributed by atoms with Crippen LogP contribution in [0.15, 0.2) is 18.2 Å². The fourth-order valence-corrected chi connectivity index (χ4v) is 2.41. The number of rotatable bonds is 3. The SMILES string of the molecule is CC(=O)Nc1ccc(F)c(NC(=O)C2(C)CCCCN2)c1. The highest BCUT2D eigenvalue weighted by Gasteiger charge is 2.34. The summed E-state index contributed by atoms with van der Waals surface area (Å²) in [7, 11) is 0. The lowest BCUT2D eigenvalue weighted by Crippen LogP contribution is -2.54. The predicted molar refractivity (Wildman–Crippen MR) is 79.6 cm³/mol. The first-order valence-corrected chi connectivity index (χ1v) is 7.04. The van der Waals surface area contributed by atoms with Gasteiger partial charge < -0.3 is 16.0 Å². The molecule has 2 rings (SSSR count). The van der Waals surface area contributed by atoms with Crippen molar-refractivity contribution in [3.8, 4) is 0 Å². The van der Waals surface area contributed by atoms with Gasteiger partial charge in [-0.2, -0.15) is 0 Å². The molecule has 0 aliphatic carbocycles. The van der Waals surface area contributed by atoms with Gasteiger partial charge >= 0.3 is 0 Å². The topological polar surface area (TPSA) is 70.2 Å². The van der Waals surface area contributed by atoms with E-state index in [0.717, 1.165) is 19.4 Å². The molecule has 0 radical (unpaired) electrons. The summed E-state index contributed by atoms with van der Waals surface area (Å²) in [4.78, 5) is 23.4. The van der Waals surface area contributed by atoms with Gasteiger partial charge in [0.15, 0.2) is 0 Å². The van der Waals surface area contributed by atoms with Crippen LogP contribution in [0, 0.1) is 5.82 Å². The third-order valence-corrected chi connectivity index (χ3v) is 3.65.